The number of nitriles is 1. The van der Waals surface area contributed by atoms with Crippen LogP contribution in [0.25, 0.3) is 0 Å². The molecular weight excluding hydrogens is 200 g/mol. The van der Waals surface area contributed by atoms with Crippen LogP contribution in [0.4, 0.5) is 5.69 Å². The Morgan fingerprint density at radius 1 is 1.44 bits per heavy atom. The molecule has 3 nitrogen and oxygen atoms in total. The number of carbonyl (C=O) groups is 1. The first-order chi connectivity index (χ1) is 7.65. The van der Waals surface area contributed by atoms with Gasteiger partial charge in [-0.3, -0.25) is 4.79 Å². The van der Waals surface area contributed by atoms with Crippen molar-refractivity contribution in [1.82, 2.24) is 0 Å². The van der Waals surface area contributed by atoms with Gasteiger partial charge in [0.1, 0.15) is 0 Å². The van der Waals surface area contributed by atoms with Crippen molar-refractivity contribution in [3.8, 4) is 6.07 Å². The molecule has 1 fully saturated rings. The Bertz CT molecular complexity index is 461. The number of hydrogen-bond acceptors (Lipinski definition) is 2. The maximum absolute atomic E-state index is 11.9. The zero-order valence-electron chi connectivity index (χ0n) is 9.47. The Morgan fingerprint density at radius 3 is 2.69 bits per heavy atom. The van der Waals surface area contributed by atoms with Crippen LogP contribution in [0.2, 0.25) is 0 Å². The van der Waals surface area contributed by atoms with Gasteiger partial charge < -0.3 is 4.90 Å². The van der Waals surface area contributed by atoms with E-state index in [1.54, 1.807) is 4.90 Å². The smallest absolute Gasteiger partial charge is 0.228 e. The third-order valence-electron chi connectivity index (χ3n) is 3.19. The summed E-state index contributed by atoms with van der Waals surface area (Å²) in [5.74, 6) is -0.138. The van der Waals surface area contributed by atoms with Crippen LogP contribution in [0.5, 0.6) is 0 Å². The largest absolute Gasteiger partial charge is 0.308 e. The SMILES string of the molecule is Cc1ccccc1N1C(=O)CC(C#N)C1C. The molecule has 1 saturated heterocycles. The second kappa shape index (κ2) is 3.97. The molecule has 1 aromatic rings. The van der Waals surface area contributed by atoms with E-state index in [4.69, 9.17) is 5.26 Å². The monoisotopic (exact) mass is 214 g/mol. The predicted molar refractivity (Wildman–Crippen MR) is 61.8 cm³/mol. The van der Waals surface area contributed by atoms with Crippen molar-refractivity contribution in [1.29, 1.82) is 5.26 Å². The van der Waals surface area contributed by atoms with E-state index in [1.165, 1.54) is 0 Å². The number of aryl methyl sites for hydroxylation is 1. The maximum Gasteiger partial charge on any atom is 0.228 e. The molecule has 1 heterocycles. The summed E-state index contributed by atoms with van der Waals surface area (Å²) >= 11 is 0. The van der Waals surface area contributed by atoms with Gasteiger partial charge in [0.25, 0.3) is 0 Å². The maximum atomic E-state index is 11.9. The van der Waals surface area contributed by atoms with E-state index in [0.717, 1.165) is 11.3 Å². The minimum Gasteiger partial charge on any atom is -0.308 e. The van der Waals surface area contributed by atoms with Crippen LogP contribution in [0.15, 0.2) is 24.3 Å². The van der Waals surface area contributed by atoms with Gasteiger partial charge in [-0.2, -0.15) is 5.26 Å². The Kier molecular flexibility index (Phi) is 2.66. The quantitative estimate of drug-likeness (QED) is 0.719. The standard InChI is InChI=1S/C13H14N2O/c1-9-5-3-4-6-12(9)15-10(2)11(8-14)7-13(15)16/h3-6,10-11H,7H2,1-2H3. The van der Waals surface area contributed by atoms with E-state index in [2.05, 4.69) is 6.07 Å². The molecule has 0 spiro atoms. The van der Waals surface area contributed by atoms with E-state index >= 15 is 0 Å². The number of amides is 1. The predicted octanol–water partition coefficient (Wildman–Crippen LogP) is 2.26. The fraction of sp³-hybridized carbons (Fsp3) is 0.385. The number of anilines is 1. The van der Waals surface area contributed by atoms with Crippen molar-refractivity contribution in [2.45, 2.75) is 26.3 Å². The molecule has 2 atom stereocenters. The van der Waals surface area contributed by atoms with Gasteiger partial charge in [0, 0.05) is 12.1 Å². The first-order valence-corrected chi connectivity index (χ1v) is 5.42. The summed E-state index contributed by atoms with van der Waals surface area (Å²) in [6, 6.07) is 9.96. The molecule has 1 aliphatic heterocycles. The number of para-hydroxylation sites is 1. The van der Waals surface area contributed by atoms with E-state index in [0.29, 0.717) is 6.42 Å². The molecule has 0 aliphatic carbocycles. The minimum atomic E-state index is -0.188. The van der Waals surface area contributed by atoms with Crippen LogP contribution >= 0.6 is 0 Å². The normalized spacial score (nSPS) is 24.6. The van der Waals surface area contributed by atoms with Gasteiger partial charge in [-0.15, -0.1) is 0 Å². The number of benzene rings is 1. The van der Waals surface area contributed by atoms with Crippen molar-refractivity contribution in [3.63, 3.8) is 0 Å². The number of carbonyl (C=O) groups excluding carboxylic acids is 1. The second-order valence-electron chi connectivity index (χ2n) is 4.23. The molecule has 2 unspecified atom stereocenters. The van der Waals surface area contributed by atoms with E-state index in [9.17, 15) is 4.79 Å². The van der Waals surface area contributed by atoms with Gasteiger partial charge in [-0.05, 0) is 25.5 Å². The zero-order chi connectivity index (χ0) is 11.7. The highest BCUT2D eigenvalue weighted by molar-refractivity contribution is 5.97. The minimum absolute atomic E-state index is 0.0291. The summed E-state index contributed by atoms with van der Waals surface area (Å²) in [7, 11) is 0. The molecule has 0 radical (unpaired) electrons. The summed E-state index contributed by atoms with van der Waals surface area (Å²) in [4.78, 5) is 13.6. The van der Waals surface area contributed by atoms with Crippen molar-refractivity contribution in [2.24, 2.45) is 5.92 Å². The number of hydrogen-bond donors (Lipinski definition) is 0. The molecule has 0 aromatic heterocycles. The molecular formula is C13H14N2O. The van der Waals surface area contributed by atoms with Crippen LogP contribution in [0, 0.1) is 24.2 Å². The molecule has 82 valence electrons. The van der Waals surface area contributed by atoms with Crippen LogP contribution in [-0.4, -0.2) is 11.9 Å². The molecule has 1 amide bonds. The summed E-state index contributed by atoms with van der Waals surface area (Å²) in [6.07, 6.45) is 0.339. The van der Waals surface area contributed by atoms with Crippen LogP contribution < -0.4 is 4.90 Å². The molecule has 1 aromatic carbocycles. The van der Waals surface area contributed by atoms with Crippen molar-refractivity contribution in [2.75, 3.05) is 4.90 Å². The molecule has 0 saturated carbocycles. The average Bonchev–Trinajstić information content (AvgIpc) is 2.55. The lowest BCUT2D eigenvalue weighted by Crippen LogP contribution is -2.33. The van der Waals surface area contributed by atoms with Gasteiger partial charge >= 0.3 is 0 Å². The zero-order valence-corrected chi connectivity index (χ0v) is 9.47. The Balaban J connectivity index is 2.39. The third kappa shape index (κ3) is 1.57. The highest BCUT2D eigenvalue weighted by Gasteiger charge is 2.38. The second-order valence-corrected chi connectivity index (χ2v) is 4.23. The molecule has 0 bridgehead atoms. The average molecular weight is 214 g/mol. The highest BCUT2D eigenvalue weighted by Crippen LogP contribution is 2.32. The van der Waals surface area contributed by atoms with Crippen LogP contribution in [0.1, 0.15) is 18.9 Å². The Hall–Kier alpha value is -1.82. The number of nitrogens with zero attached hydrogens (tertiary/aromatic N) is 2. The van der Waals surface area contributed by atoms with Gasteiger partial charge in [0.2, 0.25) is 5.91 Å². The number of rotatable bonds is 1. The summed E-state index contributed by atoms with van der Waals surface area (Å²) in [5.41, 5.74) is 2.00. The lowest BCUT2D eigenvalue weighted by atomic mass is 10.0. The summed E-state index contributed by atoms with van der Waals surface area (Å²) in [6.45, 7) is 3.92. The fourth-order valence-corrected chi connectivity index (χ4v) is 2.21. The van der Waals surface area contributed by atoms with Gasteiger partial charge in [0.05, 0.1) is 18.0 Å². The first kappa shape index (κ1) is 10.7. The summed E-state index contributed by atoms with van der Waals surface area (Å²) in [5, 5.41) is 8.96. The first-order valence-electron chi connectivity index (χ1n) is 5.42. The van der Waals surface area contributed by atoms with Crippen molar-refractivity contribution < 1.29 is 4.79 Å². The third-order valence-corrected chi connectivity index (χ3v) is 3.19. The molecule has 16 heavy (non-hydrogen) atoms. The topological polar surface area (TPSA) is 44.1 Å². The van der Waals surface area contributed by atoms with Gasteiger partial charge in [-0.25, -0.2) is 0 Å². The van der Waals surface area contributed by atoms with Gasteiger partial charge in [0.15, 0.2) is 0 Å². The van der Waals surface area contributed by atoms with Crippen molar-refractivity contribution >= 4 is 11.6 Å². The fourth-order valence-electron chi connectivity index (χ4n) is 2.21. The van der Waals surface area contributed by atoms with Crippen LogP contribution in [-0.2, 0) is 4.79 Å². The lowest BCUT2D eigenvalue weighted by molar-refractivity contribution is -0.117. The van der Waals surface area contributed by atoms with Crippen molar-refractivity contribution in [3.05, 3.63) is 29.8 Å². The molecule has 2 rings (SSSR count). The molecule has 1 aliphatic rings. The summed E-state index contributed by atoms with van der Waals surface area (Å²) < 4.78 is 0. The molecule has 0 N–H and O–H groups in total. The van der Waals surface area contributed by atoms with E-state index in [1.807, 2.05) is 38.1 Å². The highest BCUT2D eigenvalue weighted by atomic mass is 16.2. The Morgan fingerprint density at radius 2 is 2.12 bits per heavy atom. The lowest BCUT2D eigenvalue weighted by Gasteiger charge is -2.24. The van der Waals surface area contributed by atoms with E-state index in [-0.39, 0.29) is 17.9 Å². The van der Waals surface area contributed by atoms with Crippen LogP contribution in [0.3, 0.4) is 0 Å². The molecule has 3 heteroatoms. The van der Waals surface area contributed by atoms with Gasteiger partial charge in [-0.1, -0.05) is 18.2 Å². The Labute approximate surface area is 95.3 Å². The van der Waals surface area contributed by atoms with E-state index < -0.39 is 0 Å².